The number of anilines is 1. The molecule has 1 atom stereocenters. The average Bonchev–Trinajstić information content (AvgIpc) is 3.20. The van der Waals surface area contributed by atoms with Crippen molar-refractivity contribution in [3.8, 4) is 22.4 Å². The van der Waals surface area contributed by atoms with Gasteiger partial charge in [-0.3, -0.25) is 0 Å². The molecule has 0 aliphatic heterocycles. The molecular weight excluding hydrogens is 427 g/mol. The lowest BCUT2D eigenvalue weighted by Crippen LogP contribution is -2.09. The number of benzene rings is 2. The van der Waals surface area contributed by atoms with Gasteiger partial charge >= 0.3 is 0 Å². The lowest BCUT2D eigenvalue weighted by molar-refractivity contribution is 0.575. The van der Waals surface area contributed by atoms with Crippen LogP contribution in [0.1, 0.15) is 35.5 Å². The first-order valence-electron chi connectivity index (χ1n) is 11.2. The van der Waals surface area contributed by atoms with Crippen LogP contribution in [0.2, 0.25) is 0 Å². The summed E-state index contributed by atoms with van der Waals surface area (Å²) in [5.41, 5.74) is 7.33. The van der Waals surface area contributed by atoms with Gasteiger partial charge in [-0.05, 0) is 74.7 Å². The van der Waals surface area contributed by atoms with Crippen molar-refractivity contribution >= 4 is 16.8 Å². The quantitative estimate of drug-likeness (QED) is 0.286. The number of pyridine rings is 1. The van der Waals surface area contributed by atoms with Crippen molar-refractivity contribution in [3.05, 3.63) is 95.5 Å². The molecule has 170 valence electrons. The monoisotopic (exact) mass is 452 g/mol. The molecule has 3 aromatic heterocycles. The predicted molar refractivity (Wildman–Crippen MR) is 133 cm³/mol. The Bertz CT molecular complexity index is 1510. The highest BCUT2D eigenvalue weighted by atomic mass is 19.1. The second kappa shape index (κ2) is 8.71. The van der Waals surface area contributed by atoms with E-state index >= 15 is 0 Å². The minimum absolute atomic E-state index is 0.00444. The third-order valence-electron chi connectivity index (χ3n) is 6.00. The van der Waals surface area contributed by atoms with E-state index in [4.69, 9.17) is 4.42 Å². The van der Waals surface area contributed by atoms with E-state index in [-0.39, 0.29) is 6.04 Å². The van der Waals surface area contributed by atoms with Gasteiger partial charge in [-0.1, -0.05) is 18.2 Å². The van der Waals surface area contributed by atoms with Crippen molar-refractivity contribution in [2.75, 3.05) is 5.32 Å². The van der Waals surface area contributed by atoms with Gasteiger partial charge in [-0.15, -0.1) is 0 Å². The van der Waals surface area contributed by atoms with Gasteiger partial charge in [0, 0.05) is 40.4 Å². The smallest absolute Gasteiger partial charge is 0.215 e. The normalized spacial score (nSPS) is 12.1. The molecule has 2 aromatic carbocycles. The summed E-state index contributed by atoms with van der Waals surface area (Å²) in [7, 11) is 0. The molecule has 5 nitrogen and oxygen atoms in total. The van der Waals surface area contributed by atoms with Crippen molar-refractivity contribution < 1.29 is 8.81 Å². The van der Waals surface area contributed by atoms with Crippen LogP contribution in [-0.4, -0.2) is 15.0 Å². The van der Waals surface area contributed by atoms with E-state index in [2.05, 4.69) is 45.4 Å². The van der Waals surface area contributed by atoms with Crippen LogP contribution in [0.3, 0.4) is 0 Å². The van der Waals surface area contributed by atoms with Crippen LogP contribution in [0, 0.1) is 26.7 Å². The first-order valence-corrected chi connectivity index (χ1v) is 11.2. The topological polar surface area (TPSA) is 63.8 Å². The van der Waals surface area contributed by atoms with E-state index in [0.29, 0.717) is 11.4 Å². The zero-order chi connectivity index (χ0) is 23.8. The van der Waals surface area contributed by atoms with Crippen LogP contribution >= 0.6 is 0 Å². The number of aryl methyl sites for hydroxylation is 3. The SMILES string of the molecule is Cc1nc(N[C@@H](C)c2cccc(-c3cnc(F)c(C)c3)c2)cc(-c2ccc3occ(C)c3c2)n1. The fraction of sp³-hybridized carbons (Fsp3) is 0.179. The summed E-state index contributed by atoms with van der Waals surface area (Å²) in [6.07, 6.45) is 3.34. The van der Waals surface area contributed by atoms with E-state index in [1.54, 1.807) is 19.4 Å². The minimum Gasteiger partial charge on any atom is -0.464 e. The largest absolute Gasteiger partial charge is 0.464 e. The summed E-state index contributed by atoms with van der Waals surface area (Å²) in [5.74, 6) is 1.01. The zero-order valence-corrected chi connectivity index (χ0v) is 19.6. The van der Waals surface area contributed by atoms with Crippen molar-refractivity contribution in [1.82, 2.24) is 15.0 Å². The molecule has 0 radical (unpaired) electrons. The molecule has 34 heavy (non-hydrogen) atoms. The summed E-state index contributed by atoms with van der Waals surface area (Å²) < 4.78 is 19.2. The lowest BCUT2D eigenvalue weighted by Gasteiger charge is -2.17. The summed E-state index contributed by atoms with van der Waals surface area (Å²) >= 11 is 0. The van der Waals surface area contributed by atoms with Gasteiger partial charge < -0.3 is 9.73 Å². The molecule has 0 bridgehead atoms. The molecule has 6 heteroatoms. The van der Waals surface area contributed by atoms with Crippen molar-refractivity contribution in [1.29, 1.82) is 0 Å². The number of hydrogen-bond acceptors (Lipinski definition) is 5. The summed E-state index contributed by atoms with van der Waals surface area (Å²) in [6, 6.07) is 18.0. The lowest BCUT2D eigenvalue weighted by atomic mass is 10.0. The summed E-state index contributed by atoms with van der Waals surface area (Å²) in [4.78, 5) is 13.1. The van der Waals surface area contributed by atoms with Crippen LogP contribution in [0.15, 0.2) is 71.5 Å². The number of aromatic nitrogens is 3. The van der Waals surface area contributed by atoms with Gasteiger partial charge in [0.2, 0.25) is 5.95 Å². The van der Waals surface area contributed by atoms with Gasteiger partial charge in [-0.25, -0.2) is 15.0 Å². The molecule has 5 rings (SSSR count). The molecule has 0 saturated carbocycles. The number of hydrogen-bond donors (Lipinski definition) is 1. The Labute approximate surface area is 197 Å². The van der Waals surface area contributed by atoms with Crippen LogP contribution < -0.4 is 5.32 Å². The van der Waals surface area contributed by atoms with Gasteiger partial charge in [0.25, 0.3) is 0 Å². The Morgan fingerprint density at radius 3 is 2.56 bits per heavy atom. The molecule has 0 aliphatic rings. The van der Waals surface area contributed by atoms with Crippen molar-refractivity contribution in [2.45, 2.75) is 33.7 Å². The molecule has 0 unspecified atom stereocenters. The first kappa shape index (κ1) is 21.8. The Kier molecular flexibility index (Phi) is 5.57. The van der Waals surface area contributed by atoms with Gasteiger partial charge in [0.1, 0.15) is 17.2 Å². The molecule has 0 aliphatic carbocycles. The molecule has 0 saturated heterocycles. The zero-order valence-electron chi connectivity index (χ0n) is 19.6. The van der Waals surface area contributed by atoms with Crippen LogP contribution in [0.25, 0.3) is 33.4 Å². The number of furan rings is 1. The highest BCUT2D eigenvalue weighted by molar-refractivity contribution is 5.85. The van der Waals surface area contributed by atoms with E-state index in [0.717, 1.165) is 50.3 Å². The number of rotatable bonds is 5. The summed E-state index contributed by atoms with van der Waals surface area (Å²) in [6.45, 7) is 7.74. The Morgan fingerprint density at radius 2 is 1.74 bits per heavy atom. The third-order valence-corrected chi connectivity index (χ3v) is 6.00. The minimum atomic E-state index is -0.438. The number of fused-ring (bicyclic) bond motifs is 1. The van der Waals surface area contributed by atoms with Crippen molar-refractivity contribution in [3.63, 3.8) is 0 Å². The average molecular weight is 453 g/mol. The first-order chi connectivity index (χ1) is 16.4. The Balaban J connectivity index is 1.42. The molecule has 5 aromatic rings. The number of nitrogens with one attached hydrogen (secondary N) is 1. The van der Waals surface area contributed by atoms with Crippen LogP contribution in [0.4, 0.5) is 10.2 Å². The Morgan fingerprint density at radius 1 is 0.882 bits per heavy atom. The molecule has 1 N–H and O–H groups in total. The molecular formula is C28H25FN4O. The maximum Gasteiger partial charge on any atom is 0.215 e. The molecule has 3 heterocycles. The molecule has 0 spiro atoms. The van der Waals surface area contributed by atoms with E-state index in [9.17, 15) is 4.39 Å². The molecule has 0 fully saturated rings. The van der Waals surface area contributed by atoms with E-state index in [1.165, 1.54) is 0 Å². The predicted octanol–water partition coefficient (Wildman–Crippen LogP) is 7.19. The fourth-order valence-electron chi connectivity index (χ4n) is 4.11. The van der Waals surface area contributed by atoms with Crippen LogP contribution in [-0.2, 0) is 0 Å². The second-order valence-electron chi connectivity index (χ2n) is 8.64. The van der Waals surface area contributed by atoms with Crippen molar-refractivity contribution in [2.24, 2.45) is 0 Å². The van der Waals surface area contributed by atoms with Gasteiger partial charge in [0.05, 0.1) is 12.0 Å². The van der Waals surface area contributed by atoms with Gasteiger partial charge in [-0.2, -0.15) is 4.39 Å². The second-order valence-corrected chi connectivity index (χ2v) is 8.64. The maximum atomic E-state index is 13.6. The molecule has 0 amide bonds. The third kappa shape index (κ3) is 4.27. The van der Waals surface area contributed by atoms with E-state index < -0.39 is 5.95 Å². The number of halogens is 1. The maximum absolute atomic E-state index is 13.6. The standard InChI is InChI=1S/C28H25FN4O/c1-16-10-23(14-30-28(16)29)21-7-5-6-20(11-21)18(3)31-27-13-25(32-19(4)33-27)22-8-9-26-24(12-22)17(2)15-34-26/h5-15,18H,1-4H3,(H,31,32,33)/t18-/m0/s1. The highest BCUT2D eigenvalue weighted by Crippen LogP contribution is 2.29. The van der Waals surface area contributed by atoms with Gasteiger partial charge in [0.15, 0.2) is 0 Å². The Hall–Kier alpha value is -4.06. The number of nitrogens with zero attached hydrogens (tertiary/aromatic N) is 3. The highest BCUT2D eigenvalue weighted by Gasteiger charge is 2.12. The van der Waals surface area contributed by atoms with Crippen LogP contribution in [0.5, 0.6) is 0 Å². The fourth-order valence-corrected chi connectivity index (χ4v) is 4.11. The van der Waals surface area contributed by atoms with E-state index in [1.807, 2.05) is 50.2 Å². The summed E-state index contributed by atoms with van der Waals surface area (Å²) in [5, 5.41) is 4.59.